The number of nitrogens with one attached hydrogen (secondary N) is 3. The van der Waals surface area contributed by atoms with E-state index in [-0.39, 0.29) is 29.4 Å². The molecule has 0 spiro atoms. The van der Waals surface area contributed by atoms with Gasteiger partial charge in [-0.15, -0.1) is 0 Å². The fourth-order valence-electron chi connectivity index (χ4n) is 4.57. The second-order valence-corrected chi connectivity index (χ2v) is 8.31. The van der Waals surface area contributed by atoms with Crippen LogP contribution in [0.2, 0.25) is 0 Å². The number of hydrogen-bond donors (Lipinski definition) is 3. The lowest BCUT2D eigenvalue weighted by atomic mass is 9.87. The summed E-state index contributed by atoms with van der Waals surface area (Å²) in [5.41, 5.74) is 0.665. The number of rotatable bonds is 6. The first kappa shape index (κ1) is 19.8. The van der Waals surface area contributed by atoms with E-state index in [9.17, 15) is 9.59 Å². The molecule has 0 radical (unpaired) electrons. The van der Waals surface area contributed by atoms with Gasteiger partial charge in [-0.3, -0.25) is 14.3 Å². The molecular weight excluding hydrogens is 373 g/mol. The van der Waals surface area contributed by atoms with E-state index in [4.69, 9.17) is 5.26 Å². The Morgan fingerprint density at radius 3 is 2.76 bits per heavy atom. The summed E-state index contributed by atoms with van der Waals surface area (Å²) in [4.78, 5) is 27.3. The summed E-state index contributed by atoms with van der Waals surface area (Å²) in [6.45, 7) is 5.32. The standard InChI is InChI=1S/C21H26FN5O2/c1-11(5-7-23)25-18(13-6-8-24-10-13)17-12(2)19-15(9-16(17)22)20(28)26-21(29)27(19)14-3-4-14/h9,11,13-14,18,24-25H,3-6,8,10H2,1-2H3,(H,26,28,29). The molecule has 0 bridgehead atoms. The molecule has 1 saturated heterocycles. The van der Waals surface area contributed by atoms with E-state index in [1.54, 1.807) is 11.5 Å². The third kappa shape index (κ3) is 3.61. The molecule has 154 valence electrons. The minimum Gasteiger partial charge on any atom is -0.316 e. The van der Waals surface area contributed by atoms with E-state index < -0.39 is 17.1 Å². The van der Waals surface area contributed by atoms with E-state index in [1.807, 2.05) is 6.92 Å². The summed E-state index contributed by atoms with van der Waals surface area (Å²) in [6, 6.07) is 3.06. The summed E-state index contributed by atoms with van der Waals surface area (Å²) in [5.74, 6) is -0.292. The van der Waals surface area contributed by atoms with Gasteiger partial charge in [0.15, 0.2) is 0 Å². The second-order valence-electron chi connectivity index (χ2n) is 8.31. The van der Waals surface area contributed by atoms with Gasteiger partial charge in [0, 0.05) is 23.7 Å². The van der Waals surface area contributed by atoms with Gasteiger partial charge in [-0.2, -0.15) is 5.26 Å². The summed E-state index contributed by atoms with van der Waals surface area (Å²) in [7, 11) is 0. The first-order valence-corrected chi connectivity index (χ1v) is 10.2. The Hall–Kier alpha value is -2.50. The molecule has 2 aliphatic rings. The predicted molar refractivity (Wildman–Crippen MR) is 108 cm³/mol. The highest BCUT2D eigenvalue weighted by Gasteiger charge is 2.33. The molecular formula is C21H26FN5O2. The minimum atomic E-state index is -0.555. The first-order chi connectivity index (χ1) is 13.9. The van der Waals surface area contributed by atoms with Gasteiger partial charge >= 0.3 is 5.69 Å². The van der Waals surface area contributed by atoms with Crippen molar-refractivity contribution in [3.05, 3.63) is 43.8 Å². The van der Waals surface area contributed by atoms with Crippen molar-refractivity contribution in [2.24, 2.45) is 5.92 Å². The molecule has 0 amide bonds. The van der Waals surface area contributed by atoms with Crippen molar-refractivity contribution >= 4 is 10.9 Å². The molecule has 3 unspecified atom stereocenters. The SMILES string of the molecule is Cc1c(C(NC(C)CC#N)C2CCNC2)c(F)cc2c(=O)[nH]c(=O)n(C3CC3)c12. The fourth-order valence-corrected chi connectivity index (χ4v) is 4.57. The topological polar surface area (TPSA) is 103 Å². The molecule has 4 rings (SSSR count). The maximum atomic E-state index is 15.4. The van der Waals surface area contributed by atoms with Crippen molar-refractivity contribution in [2.75, 3.05) is 13.1 Å². The highest BCUT2D eigenvalue weighted by atomic mass is 19.1. The molecule has 1 aliphatic carbocycles. The molecule has 3 N–H and O–H groups in total. The van der Waals surface area contributed by atoms with Crippen molar-refractivity contribution in [2.45, 2.75) is 57.7 Å². The number of nitrogens with zero attached hydrogens (tertiary/aromatic N) is 2. The van der Waals surface area contributed by atoms with Crippen LogP contribution in [0.5, 0.6) is 0 Å². The Balaban J connectivity index is 1.93. The number of halogens is 1. The average Bonchev–Trinajstić information content (AvgIpc) is 3.34. The Morgan fingerprint density at radius 1 is 1.38 bits per heavy atom. The van der Waals surface area contributed by atoms with Crippen LogP contribution >= 0.6 is 0 Å². The average molecular weight is 399 g/mol. The molecule has 2 fully saturated rings. The normalized spacial score (nSPS) is 21.2. The predicted octanol–water partition coefficient (Wildman–Crippen LogP) is 2.01. The second kappa shape index (κ2) is 7.73. The molecule has 1 saturated carbocycles. The highest BCUT2D eigenvalue weighted by Crippen LogP contribution is 2.39. The van der Waals surface area contributed by atoms with Crippen molar-refractivity contribution in [1.29, 1.82) is 5.26 Å². The fraction of sp³-hybridized carbons (Fsp3) is 0.571. The van der Waals surface area contributed by atoms with Crippen molar-refractivity contribution in [3.8, 4) is 6.07 Å². The lowest BCUT2D eigenvalue weighted by Gasteiger charge is -2.30. The molecule has 8 heteroatoms. The number of H-pyrrole nitrogens is 1. The molecule has 2 aromatic rings. The zero-order valence-electron chi connectivity index (χ0n) is 16.7. The number of hydrogen-bond acceptors (Lipinski definition) is 5. The van der Waals surface area contributed by atoms with Crippen LogP contribution in [0.15, 0.2) is 15.7 Å². The lowest BCUT2D eigenvalue weighted by molar-refractivity contribution is 0.341. The van der Waals surface area contributed by atoms with E-state index in [2.05, 4.69) is 21.7 Å². The van der Waals surface area contributed by atoms with Gasteiger partial charge in [0.25, 0.3) is 5.56 Å². The molecule has 29 heavy (non-hydrogen) atoms. The van der Waals surface area contributed by atoms with Crippen molar-refractivity contribution < 1.29 is 4.39 Å². The first-order valence-electron chi connectivity index (χ1n) is 10.2. The highest BCUT2D eigenvalue weighted by molar-refractivity contribution is 5.83. The zero-order chi connectivity index (χ0) is 20.7. The number of aromatic nitrogens is 2. The van der Waals surface area contributed by atoms with Crippen LogP contribution in [0.3, 0.4) is 0 Å². The Kier molecular flexibility index (Phi) is 5.28. The van der Waals surface area contributed by atoms with Crippen LogP contribution in [0.1, 0.15) is 55.8 Å². The van der Waals surface area contributed by atoms with Crippen LogP contribution in [-0.2, 0) is 0 Å². The monoisotopic (exact) mass is 399 g/mol. The molecule has 3 atom stereocenters. The van der Waals surface area contributed by atoms with Crippen molar-refractivity contribution in [3.63, 3.8) is 0 Å². The third-order valence-corrected chi connectivity index (χ3v) is 6.12. The van der Waals surface area contributed by atoms with Crippen LogP contribution in [0.4, 0.5) is 4.39 Å². The van der Waals surface area contributed by atoms with Crippen LogP contribution in [-0.4, -0.2) is 28.7 Å². The Bertz CT molecular complexity index is 1090. The van der Waals surface area contributed by atoms with Gasteiger partial charge in [0.05, 0.1) is 23.4 Å². The molecule has 1 aromatic heterocycles. The van der Waals surface area contributed by atoms with Gasteiger partial charge in [-0.25, -0.2) is 9.18 Å². The number of benzene rings is 1. The molecule has 1 aliphatic heterocycles. The lowest BCUT2D eigenvalue weighted by Crippen LogP contribution is -2.37. The molecule has 2 heterocycles. The minimum absolute atomic E-state index is 0.0518. The summed E-state index contributed by atoms with van der Waals surface area (Å²) < 4.78 is 17.0. The number of fused-ring (bicyclic) bond motifs is 1. The summed E-state index contributed by atoms with van der Waals surface area (Å²) >= 11 is 0. The van der Waals surface area contributed by atoms with Gasteiger partial charge < -0.3 is 10.6 Å². The third-order valence-electron chi connectivity index (χ3n) is 6.12. The Labute approximate surface area is 167 Å². The number of aryl methyl sites for hydroxylation is 1. The van der Waals surface area contributed by atoms with Gasteiger partial charge in [-0.1, -0.05) is 0 Å². The van der Waals surface area contributed by atoms with E-state index >= 15 is 4.39 Å². The van der Waals surface area contributed by atoms with Gasteiger partial charge in [0.1, 0.15) is 5.82 Å². The maximum absolute atomic E-state index is 15.4. The van der Waals surface area contributed by atoms with E-state index in [0.717, 1.165) is 32.4 Å². The van der Waals surface area contributed by atoms with Gasteiger partial charge in [0.2, 0.25) is 0 Å². The smallest absolute Gasteiger partial charge is 0.316 e. The zero-order valence-corrected chi connectivity index (χ0v) is 16.7. The summed E-state index contributed by atoms with van der Waals surface area (Å²) in [6.07, 6.45) is 2.96. The Morgan fingerprint density at radius 2 is 2.14 bits per heavy atom. The quantitative estimate of drug-likeness (QED) is 0.690. The largest absolute Gasteiger partial charge is 0.329 e. The van der Waals surface area contributed by atoms with Gasteiger partial charge in [-0.05, 0) is 63.7 Å². The van der Waals surface area contributed by atoms with Crippen LogP contribution in [0, 0.1) is 30.0 Å². The van der Waals surface area contributed by atoms with E-state index in [1.165, 1.54) is 6.07 Å². The molecule has 1 aromatic carbocycles. The number of aromatic amines is 1. The summed E-state index contributed by atoms with van der Waals surface area (Å²) in [5, 5.41) is 16.0. The van der Waals surface area contributed by atoms with Crippen LogP contribution in [0.25, 0.3) is 10.9 Å². The molecule has 7 nitrogen and oxygen atoms in total. The maximum Gasteiger partial charge on any atom is 0.329 e. The number of nitriles is 1. The van der Waals surface area contributed by atoms with E-state index in [0.29, 0.717) is 23.1 Å². The van der Waals surface area contributed by atoms with Crippen LogP contribution < -0.4 is 21.9 Å². The van der Waals surface area contributed by atoms with Crippen molar-refractivity contribution in [1.82, 2.24) is 20.2 Å².